The number of hydrogen-bond acceptors (Lipinski definition) is 10. The maximum Gasteiger partial charge on any atom is 0.295 e. The standard InChI is InChI=1S/C24H24N10O4/c1-38-16-13-27-20(22(36)28-14-5-6-14)19-18(16)15(12-26-19)21(35)23(37)32-8-10-33(11-9-32)24-29-30-31-34(24)17-4-2-3-7-25-17/h2-4,7,12-14,26H,5-6,8-11H2,1H3,(H,28,36). The summed E-state index contributed by atoms with van der Waals surface area (Å²) in [7, 11) is 1.45. The van der Waals surface area contributed by atoms with Gasteiger partial charge in [-0.05, 0) is 35.4 Å². The minimum absolute atomic E-state index is 0.131. The van der Waals surface area contributed by atoms with Crippen molar-refractivity contribution in [1.29, 1.82) is 0 Å². The highest BCUT2D eigenvalue weighted by molar-refractivity contribution is 6.45. The second-order valence-corrected chi connectivity index (χ2v) is 9.06. The van der Waals surface area contributed by atoms with Crippen LogP contribution in [0.2, 0.25) is 0 Å². The predicted molar refractivity (Wildman–Crippen MR) is 133 cm³/mol. The molecule has 14 heteroatoms. The molecule has 0 aromatic carbocycles. The van der Waals surface area contributed by atoms with Gasteiger partial charge in [0, 0.05) is 44.6 Å². The van der Waals surface area contributed by atoms with Crippen LogP contribution in [0.1, 0.15) is 33.7 Å². The number of carbonyl (C=O) groups excluding carboxylic acids is 3. The Morgan fingerprint density at radius 2 is 1.92 bits per heavy atom. The lowest BCUT2D eigenvalue weighted by atomic mass is 10.1. The Kier molecular flexibility index (Phi) is 5.90. The van der Waals surface area contributed by atoms with Crippen LogP contribution in [-0.4, -0.2) is 97.0 Å². The number of aromatic nitrogens is 7. The van der Waals surface area contributed by atoms with Gasteiger partial charge in [0.1, 0.15) is 5.75 Å². The highest BCUT2D eigenvalue weighted by Crippen LogP contribution is 2.31. The first-order valence-electron chi connectivity index (χ1n) is 12.2. The Morgan fingerprint density at radius 1 is 1.11 bits per heavy atom. The minimum Gasteiger partial charge on any atom is -0.494 e. The van der Waals surface area contributed by atoms with Gasteiger partial charge in [0.2, 0.25) is 0 Å². The molecule has 0 atom stereocenters. The van der Waals surface area contributed by atoms with Gasteiger partial charge < -0.3 is 24.8 Å². The molecule has 0 spiro atoms. The summed E-state index contributed by atoms with van der Waals surface area (Å²) in [4.78, 5) is 54.2. The summed E-state index contributed by atoms with van der Waals surface area (Å²) < 4.78 is 6.94. The van der Waals surface area contributed by atoms with Crippen molar-refractivity contribution in [3.05, 3.63) is 48.0 Å². The summed E-state index contributed by atoms with van der Waals surface area (Å²) in [6.45, 7) is 1.46. The second-order valence-electron chi connectivity index (χ2n) is 9.06. The fourth-order valence-electron chi connectivity index (χ4n) is 4.48. The summed E-state index contributed by atoms with van der Waals surface area (Å²) in [5.74, 6) is -0.288. The van der Waals surface area contributed by atoms with Crippen LogP contribution in [0.15, 0.2) is 36.8 Å². The zero-order valence-electron chi connectivity index (χ0n) is 20.5. The highest BCUT2D eigenvalue weighted by Gasteiger charge is 2.32. The van der Waals surface area contributed by atoms with Crippen LogP contribution < -0.4 is 15.0 Å². The third-order valence-electron chi connectivity index (χ3n) is 6.63. The quantitative estimate of drug-likeness (QED) is 0.259. The molecule has 0 radical (unpaired) electrons. The van der Waals surface area contributed by atoms with Crippen LogP contribution in [0.5, 0.6) is 5.75 Å². The van der Waals surface area contributed by atoms with Crippen LogP contribution in [0.3, 0.4) is 0 Å². The molecule has 4 aromatic rings. The Labute approximate surface area is 216 Å². The number of ether oxygens (including phenoxy) is 1. The average molecular weight is 517 g/mol. The molecule has 1 aliphatic heterocycles. The first-order chi connectivity index (χ1) is 18.5. The molecule has 38 heavy (non-hydrogen) atoms. The van der Waals surface area contributed by atoms with Crippen LogP contribution in [0.4, 0.5) is 5.95 Å². The van der Waals surface area contributed by atoms with E-state index in [9.17, 15) is 14.4 Å². The summed E-state index contributed by atoms with van der Waals surface area (Å²) in [5.41, 5.74) is 0.634. The van der Waals surface area contributed by atoms with Gasteiger partial charge in [-0.3, -0.25) is 14.4 Å². The number of hydrogen-bond donors (Lipinski definition) is 2. The molecule has 194 valence electrons. The molecule has 2 aliphatic rings. The number of H-pyrrole nitrogens is 1. The van der Waals surface area contributed by atoms with E-state index in [4.69, 9.17) is 4.74 Å². The normalized spacial score (nSPS) is 15.5. The summed E-state index contributed by atoms with van der Waals surface area (Å²) in [6.07, 6.45) is 6.34. The van der Waals surface area contributed by atoms with E-state index < -0.39 is 11.7 Å². The van der Waals surface area contributed by atoms with Crippen molar-refractivity contribution in [2.24, 2.45) is 0 Å². The number of fused-ring (bicyclic) bond motifs is 1. The summed E-state index contributed by atoms with van der Waals surface area (Å²) in [6, 6.07) is 5.59. The third-order valence-corrected chi connectivity index (χ3v) is 6.63. The van der Waals surface area contributed by atoms with Gasteiger partial charge in [-0.2, -0.15) is 4.68 Å². The smallest absolute Gasteiger partial charge is 0.295 e. The topological polar surface area (TPSA) is 164 Å². The van der Waals surface area contributed by atoms with E-state index in [1.165, 1.54) is 29.1 Å². The third kappa shape index (κ3) is 4.19. The van der Waals surface area contributed by atoms with E-state index >= 15 is 0 Å². The number of pyridine rings is 2. The first-order valence-corrected chi connectivity index (χ1v) is 12.2. The molecule has 1 saturated heterocycles. The number of methoxy groups -OCH3 is 1. The number of nitrogens with zero attached hydrogens (tertiary/aromatic N) is 8. The Bertz CT molecular complexity index is 1520. The number of amides is 2. The average Bonchev–Trinajstić information content (AvgIpc) is 3.45. The van der Waals surface area contributed by atoms with Crippen LogP contribution >= 0.6 is 0 Å². The number of aromatic amines is 1. The van der Waals surface area contributed by atoms with Crippen molar-refractivity contribution in [3.8, 4) is 11.6 Å². The number of anilines is 1. The second kappa shape index (κ2) is 9.53. The molecular formula is C24H24N10O4. The van der Waals surface area contributed by atoms with Gasteiger partial charge in [-0.25, -0.2) is 9.97 Å². The van der Waals surface area contributed by atoms with Crippen molar-refractivity contribution < 1.29 is 19.1 Å². The van der Waals surface area contributed by atoms with Crippen molar-refractivity contribution >= 4 is 34.4 Å². The van der Waals surface area contributed by atoms with Crippen LogP contribution in [0, 0.1) is 0 Å². The summed E-state index contributed by atoms with van der Waals surface area (Å²) in [5, 5.41) is 15.2. The fraction of sp³-hybridized carbons (Fsp3) is 0.333. The lowest BCUT2D eigenvalue weighted by Gasteiger charge is -2.34. The van der Waals surface area contributed by atoms with Crippen molar-refractivity contribution in [2.45, 2.75) is 18.9 Å². The van der Waals surface area contributed by atoms with E-state index in [1.807, 2.05) is 11.0 Å². The zero-order valence-corrected chi connectivity index (χ0v) is 20.5. The van der Waals surface area contributed by atoms with Gasteiger partial charge in [0.05, 0.1) is 29.8 Å². The van der Waals surface area contributed by atoms with Crippen LogP contribution in [0.25, 0.3) is 16.7 Å². The van der Waals surface area contributed by atoms with E-state index in [-0.39, 0.29) is 23.2 Å². The van der Waals surface area contributed by atoms with Crippen molar-refractivity contribution in [3.63, 3.8) is 0 Å². The minimum atomic E-state index is -0.693. The SMILES string of the molecule is COc1cnc(C(=O)NC2CC2)c2[nH]cc(C(=O)C(=O)N3CCN(c4nnnn4-c4ccccn4)CC3)c12. The number of tetrazole rings is 1. The summed E-state index contributed by atoms with van der Waals surface area (Å²) >= 11 is 0. The maximum absolute atomic E-state index is 13.4. The van der Waals surface area contributed by atoms with Crippen molar-refractivity contribution in [2.75, 3.05) is 38.2 Å². The molecule has 2 amide bonds. The molecule has 0 unspecified atom stereocenters. The molecular weight excluding hydrogens is 492 g/mol. The molecule has 0 bridgehead atoms. The molecule has 14 nitrogen and oxygen atoms in total. The maximum atomic E-state index is 13.4. The lowest BCUT2D eigenvalue weighted by molar-refractivity contribution is -0.126. The molecule has 1 aliphatic carbocycles. The molecule has 5 heterocycles. The molecule has 2 fully saturated rings. The van der Waals surface area contributed by atoms with E-state index in [0.717, 1.165) is 12.8 Å². The number of piperazine rings is 1. The molecule has 4 aromatic heterocycles. The number of carbonyl (C=O) groups is 3. The fourth-order valence-corrected chi connectivity index (χ4v) is 4.48. The molecule has 2 N–H and O–H groups in total. The highest BCUT2D eigenvalue weighted by atomic mass is 16.5. The monoisotopic (exact) mass is 516 g/mol. The van der Waals surface area contributed by atoms with Gasteiger partial charge in [0.15, 0.2) is 11.5 Å². The lowest BCUT2D eigenvalue weighted by Crippen LogP contribution is -2.51. The van der Waals surface area contributed by atoms with Gasteiger partial charge >= 0.3 is 0 Å². The number of Topliss-reactive ketones (excluding diaryl/α,β-unsaturated/α-hetero) is 1. The molecule has 1 saturated carbocycles. The van der Waals surface area contributed by atoms with E-state index in [1.54, 1.807) is 18.3 Å². The molecule has 6 rings (SSSR count). The number of rotatable bonds is 7. The Balaban J connectivity index is 1.19. The van der Waals surface area contributed by atoms with Crippen LogP contribution in [-0.2, 0) is 4.79 Å². The van der Waals surface area contributed by atoms with Gasteiger partial charge in [-0.1, -0.05) is 11.2 Å². The Hall–Kier alpha value is -4.88. The van der Waals surface area contributed by atoms with Crippen molar-refractivity contribution in [1.82, 2.24) is 45.4 Å². The number of ketones is 1. The van der Waals surface area contributed by atoms with Gasteiger partial charge in [-0.15, -0.1) is 0 Å². The Morgan fingerprint density at radius 3 is 2.63 bits per heavy atom. The van der Waals surface area contributed by atoms with Gasteiger partial charge in [0.25, 0.3) is 23.5 Å². The first kappa shape index (κ1) is 23.5. The van der Waals surface area contributed by atoms with E-state index in [2.05, 4.69) is 35.8 Å². The predicted octanol–water partition coefficient (Wildman–Crippen LogP) is 0.366. The number of nitrogens with one attached hydrogen (secondary N) is 2. The van der Waals surface area contributed by atoms with E-state index in [0.29, 0.717) is 54.6 Å². The zero-order chi connectivity index (χ0) is 26.2. The largest absolute Gasteiger partial charge is 0.494 e.